The molecule has 0 aromatic carbocycles. The first-order valence-corrected chi connectivity index (χ1v) is 6.43. The van der Waals surface area contributed by atoms with E-state index in [9.17, 15) is 4.79 Å². The van der Waals surface area contributed by atoms with E-state index in [0.29, 0.717) is 11.8 Å². The molecule has 1 heterocycles. The molecule has 1 atom stereocenters. The molecule has 0 N–H and O–H groups in total. The van der Waals surface area contributed by atoms with Gasteiger partial charge < -0.3 is 9.64 Å². The highest BCUT2D eigenvalue weighted by atomic mass is 35.5. The lowest BCUT2D eigenvalue weighted by Gasteiger charge is -2.22. The molecule has 0 bridgehead atoms. The Bertz CT molecular complexity index is 238. The van der Waals surface area contributed by atoms with E-state index >= 15 is 0 Å². The average molecular weight is 248 g/mol. The van der Waals surface area contributed by atoms with E-state index in [4.69, 9.17) is 16.3 Å². The Morgan fingerprint density at radius 3 is 2.75 bits per heavy atom. The monoisotopic (exact) mass is 247 g/mol. The topological polar surface area (TPSA) is 29.5 Å². The first kappa shape index (κ1) is 13.8. The number of carbonyl (C=O) groups is 1. The van der Waals surface area contributed by atoms with Crippen molar-refractivity contribution in [1.82, 2.24) is 4.90 Å². The number of likely N-dealkylation sites (tertiary alicyclic amines) is 1. The molecule has 1 aliphatic heterocycles. The van der Waals surface area contributed by atoms with Gasteiger partial charge in [-0.3, -0.25) is 4.79 Å². The number of amides is 1. The molecule has 1 rings (SSSR count). The molecule has 1 saturated heterocycles. The highest BCUT2D eigenvalue weighted by Gasteiger charge is 2.26. The Balaban J connectivity index is 2.28. The van der Waals surface area contributed by atoms with Crippen molar-refractivity contribution in [3.63, 3.8) is 0 Å². The number of hydrogen-bond donors (Lipinski definition) is 0. The Morgan fingerprint density at radius 1 is 1.50 bits per heavy atom. The lowest BCUT2D eigenvalue weighted by atomic mass is 10.1. The summed E-state index contributed by atoms with van der Waals surface area (Å²) in [4.78, 5) is 13.7. The van der Waals surface area contributed by atoms with Crippen LogP contribution in [0.15, 0.2) is 0 Å². The summed E-state index contributed by atoms with van der Waals surface area (Å²) < 4.78 is 5.48. The van der Waals surface area contributed by atoms with Gasteiger partial charge in [0.15, 0.2) is 0 Å². The maximum atomic E-state index is 11.8. The first-order chi connectivity index (χ1) is 7.42. The quantitative estimate of drug-likeness (QED) is 0.714. The van der Waals surface area contributed by atoms with E-state index in [1.165, 1.54) is 0 Å². The minimum absolute atomic E-state index is 0.104. The number of alkyl halides is 1. The van der Waals surface area contributed by atoms with Crippen LogP contribution in [0.4, 0.5) is 0 Å². The summed E-state index contributed by atoms with van der Waals surface area (Å²) in [6.07, 6.45) is 2.08. The Morgan fingerprint density at radius 2 is 2.19 bits per heavy atom. The van der Waals surface area contributed by atoms with Crippen molar-refractivity contribution in [3.05, 3.63) is 0 Å². The van der Waals surface area contributed by atoms with Crippen LogP contribution in [-0.4, -0.2) is 42.0 Å². The van der Waals surface area contributed by atoms with Crippen molar-refractivity contribution < 1.29 is 9.53 Å². The third kappa shape index (κ3) is 4.71. The largest absolute Gasteiger partial charge is 0.366 e. The van der Waals surface area contributed by atoms with Crippen LogP contribution in [0, 0.1) is 5.92 Å². The lowest BCUT2D eigenvalue weighted by molar-refractivity contribution is -0.140. The molecule has 1 amide bonds. The number of rotatable bonds is 4. The highest BCUT2D eigenvalue weighted by Crippen LogP contribution is 2.20. The molecule has 1 fully saturated rings. The fraction of sp³-hybridized carbons (Fsp3) is 0.917. The second-order valence-corrected chi connectivity index (χ2v) is 5.75. The van der Waals surface area contributed by atoms with Crippen LogP contribution in [0.2, 0.25) is 0 Å². The van der Waals surface area contributed by atoms with Gasteiger partial charge in [-0.1, -0.05) is 0 Å². The summed E-state index contributed by atoms with van der Waals surface area (Å²) in [7, 11) is 0. The second kappa shape index (κ2) is 5.87. The van der Waals surface area contributed by atoms with E-state index < -0.39 is 0 Å². The zero-order valence-corrected chi connectivity index (χ0v) is 11.2. The average Bonchev–Trinajstić information content (AvgIpc) is 2.62. The molecular weight excluding hydrogens is 226 g/mol. The van der Waals surface area contributed by atoms with Crippen molar-refractivity contribution >= 4 is 17.5 Å². The van der Waals surface area contributed by atoms with E-state index in [1.54, 1.807) is 0 Å². The van der Waals surface area contributed by atoms with Crippen molar-refractivity contribution in [2.45, 2.75) is 39.2 Å². The summed E-state index contributed by atoms with van der Waals surface area (Å²) >= 11 is 5.70. The van der Waals surface area contributed by atoms with Crippen molar-refractivity contribution in [2.24, 2.45) is 5.92 Å². The predicted octanol–water partition coefficient (Wildman–Crippen LogP) is 2.28. The molecule has 16 heavy (non-hydrogen) atoms. The highest BCUT2D eigenvalue weighted by molar-refractivity contribution is 6.17. The normalized spacial score (nSPS) is 21.5. The fourth-order valence-electron chi connectivity index (χ4n) is 1.82. The van der Waals surface area contributed by atoms with Crippen LogP contribution < -0.4 is 0 Å². The Labute approximate surface area is 103 Å². The van der Waals surface area contributed by atoms with Crippen LogP contribution in [0.1, 0.15) is 33.6 Å². The number of nitrogens with zero attached hydrogens (tertiary/aromatic N) is 1. The number of halogens is 1. The number of hydrogen-bond acceptors (Lipinski definition) is 2. The third-order valence-corrected chi connectivity index (χ3v) is 3.00. The summed E-state index contributed by atoms with van der Waals surface area (Å²) in [5, 5.41) is 0. The molecule has 94 valence electrons. The van der Waals surface area contributed by atoms with Crippen LogP contribution in [0.3, 0.4) is 0 Å². The van der Waals surface area contributed by atoms with Crippen molar-refractivity contribution in [3.8, 4) is 0 Å². The van der Waals surface area contributed by atoms with Gasteiger partial charge in [-0.2, -0.15) is 0 Å². The molecule has 0 spiro atoms. The molecule has 1 aliphatic rings. The summed E-state index contributed by atoms with van der Waals surface area (Å²) in [5.74, 6) is 1.37. The SMILES string of the molecule is CC(C)(C)OCC(=O)N1CCC(CCCl)C1. The first-order valence-electron chi connectivity index (χ1n) is 5.90. The Kier molecular flexibility index (Phi) is 5.06. The van der Waals surface area contributed by atoms with Crippen LogP contribution in [-0.2, 0) is 9.53 Å². The van der Waals surface area contributed by atoms with Crippen molar-refractivity contribution in [2.75, 3.05) is 25.6 Å². The molecule has 1 unspecified atom stereocenters. The lowest BCUT2D eigenvalue weighted by Crippen LogP contribution is -2.35. The minimum atomic E-state index is -0.245. The third-order valence-electron chi connectivity index (χ3n) is 2.78. The van der Waals surface area contributed by atoms with Gasteiger partial charge in [0, 0.05) is 19.0 Å². The van der Waals surface area contributed by atoms with Gasteiger partial charge in [-0.25, -0.2) is 0 Å². The van der Waals surface area contributed by atoms with E-state index in [-0.39, 0.29) is 18.1 Å². The molecule has 4 heteroatoms. The molecule has 0 aromatic rings. The molecule has 0 aliphatic carbocycles. The summed E-state index contributed by atoms with van der Waals surface area (Å²) in [5.41, 5.74) is -0.245. The number of ether oxygens (including phenoxy) is 1. The van der Waals surface area contributed by atoms with E-state index in [1.807, 2.05) is 25.7 Å². The van der Waals surface area contributed by atoms with Gasteiger partial charge in [-0.05, 0) is 39.5 Å². The Hall–Kier alpha value is -0.280. The fourth-order valence-corrected chi connectivity index (χ4v) is 2.13. The molecule has 0 saturated carbocycles. The summed E-state index contributed by atoms with van der Waals surface area (Å²) in [6.45, 7) is 7.77. The van der Waals surface area contributed by atoms with Gasteiger partial charge in [0.1, 0.15) is 6.61 Å². The van der Waals surface area contributed by atoms with Gasteiger partial charge in [0.05, 0.1) is 5.60 Å². The zero-order valence-electron chi connectivity index (χ0n) is 10.5. The zero-order chi connectivity index (χ0) is 12.2. The second-order valence-electron chi connectivity index (χ2n) is 5.37. The summed E-state index contributed by atoms with van der Waals surface area (Å²) in [6, 6.07) is 0. The van der Waals surface area contributed by atoms with Gasteiger partial charge in [0.2, 0.25) is 5.91 Å². The van der Waals surface area contributed by atoms with E-state index in [0.717, 1.165) is 25.9 Å². The van der Waals surface area contributed by atoms with Crippen molar-refractivity contribution in [1.29, 1.82) is 0 Å². The molecule has 0 aromatic heterocycles. The van der Waals surface area contributed by atoms with Crippen LogP contribution >= 0.6 is 11.6 Å². The molecule has 3 nitrogen and oxygen atoms in total. The molecule has 0 radical (unpaired) electrons. The van der Waals surface area contributed by atoms with Gasteiger partial charge in [0.25, 0.3) is 0 Å². The minimum Gasteiger partial charge on any atom is -0.366 e. The van der Waals surface area contributed by atoms with Gasteiger partial charge >= 0.3 is 0 Å². The van der Waals surface area contributed by atoms with Crippen LogP contribution in [0.25, 0.3) is 0 Å². The maximum Gasteiger partial charge on any atom is 0.248 e. The smallest absolute Gasteiger partial charge is 0.248 e. The number of carbonyl (C=O) groups excluding carboxylic acids is 1. The molecular formula is C12H22ClNO2. The standard InChI is InChI=1S/C12H22ClNO2/c1-12(2,3)16-9-11(15)14-7-5-10(8-14)4-6-13/h10H,4-9H2,1-3H3. The maximum absolute atomic E-state index is 11.8. The van der Waals surface area contributed by atoms with Gasteiger partial charge in [-0.15, -0.1) is 11.6 Å². The van der Waals surface area contributed by atoms with Crippen LogP contribution in [0.5, 0.6) is 0 Å². The van der Waals surface area contributed by atoms with E-state index in [2.05, 4.69) is 0 Å². The predicted molar refractivity (Wildman–Crippen MR) is 65.7 cm³/mol.